The van der Waals surface area contributed by atoms with Gasteiger partial charge in [0.2, 0.25) is 0 Å². The van der Waals surface area contributed by atoms with E-state index in [2.05, 4.69) is 47.0 Å². The van der Waals surface area contributed by atoms with Crippen LogP contribution in [0.5, 0.6) is 5.75 Å². The van der Waals surface area contributed by atoms with E-state index >= 15 is 0 Å². The van der Waals surface area contributed by atoms with Gasteiger partial charge in [-0.05, 0) is 48.6 Å². The Kier molecular flexibility index (Phi) is 5.04. The summed E-state index contributed by atoms with van der Waals surface area (Å²) in [6.45, 7) is 2.16. The fraction of sp³-hybridized carbons (Fsp3) is 0.438. The summed E-state index contributed by atoms with van der Waals surface area (Å²) in [5, 5.41) is 7.44. The summed E-state index contributed by atoms with van der Waals surface area (Å²) in [6, 6.07) is 6.48. The molecule has 0 spiro atoms. The van der Waals surface area contributed by atoms with Crippen molar-refractivity contribution in [3.63, 3.8) is 0 Å². The number of allylic oxidation sites excluding steroid dienone is 1. The van der Waals surface area contributed by atoms with Crippen LogP contribution in [0.3, 0.4) is 0 Å². The highest BCUT2D eigenvalue weighted by atomic mass is 16.5. The summed E-state index contributed by atoms with van der Waals surface area (Å²) in [5.74, 6) is 1.92. The minimum absolute atomic E-state index is 0.910. The molecule has 0 aromatic heterocycles. The third kappa shape index (κ3) is 3.76. The maximum absolute atomic E-state index is 5.36. The van der Waals surface area contributed by atoms with Crippen LogP contribution in [0.1, 0.15) is 30.9 Å². The van der Waals surface area contributed by atoms with Gasteiger partial charge in [0.05, 0.1) is 7.11 Å². The first-order valence-corrected chi connectivity index (χ1v) is 7.11. The Balaban J connectivity index is 1.96. The molecule has 0 atom stereocenters. The van der Waals surface area contributed by atoms with E-state index < -0.39 is 0 Å². The topological polar surface area (TPSA) is 45.7 Å². The molecule has 1 aromatic carbocycles. The predicted octanol–water partition coefficient (Wildman–Crippen LogP) is 2.60. The van der Waals surface area contributed by atoms with Gasteiger partial charge < -0.3 is 10.1 Å². The van der Waals surface area contributed by atoms with Crippen molar-refractivity contribution < 1.29 is 4.74 Å². The number of hydrogen-bond acceptors (Lipinski definition) is 4. The monoisotopic (exact) mass is 273 g/mol. The summed E-state index contributed by atoms with van der Waals surface area (Å²) >= 11 is 0. The minimum atomic E-state index is 0.910. The lowest BCUT2D eigenvalue weighted by Gasteiger charge is -2.14. The Morgan fingerprint density at radius 1 is 1.25 bits per heavy atom. The zero-order chi connectivity index (χ0) is 14.4. The smallest absolute Gasteiger partial charge is 0.119 e. The standard InChI is InChI=1S/C16H23N3O/c1-4-12-9-13(11-15(10-12)20-3)5-6-14-7-8-16(17-2)19-18-14/h8-11,17,19H,4-7H2,1-3H3. The minimum Gasteiger partial charge on any atom is -0.497 e. The molecule has 20 heavy (non-hydrogen) atoms. The molecule has 1 aliphatic rings. The molecule has 2 N–H and O–H groups in total. The number of hydrazone groups is 1. The van der Waals surface area contributed by atoms with Crippen LogP contribution in [0.25, 0.3) is 0 Å². The molecule has 108 valence electrons. The van der Waals surface area contributed by atoms with Gasteiger partial charge in [-0.15, -0.1) is 0 Å². The summed E-state index contributed by atoms with van der Waals surface area (Å²) in [4.78, 5) is 0. The molecule has 1 aromatic rings. The molecule has 4 nitrogen and oxygen atoms in total. The van der Waals surface area contributed by atoms with E-state index in [-0.39, 0.29) is 0 Å². The van der Waals surface area contributed by atoms with Gasteiger partial charge in [0.1, 0.15) is 11.6 Å². The van der Waals surface area contributed by atoms with Gasteiger partial charge in [-0.1, -0.05) is 13.0 Å². The Labute approximate surface area is 120 Å². The Hall–Kier alpha value is -1.97. The van der Waals surface area contributed by atoms with Crippen molar-refractivity contribution in [2.45, 2.75) is 32.6 Å². The van der Waals surface area contributed by atoms with E-state index in [0.29, 0.717) is 0 Å². The molecular formula is C16H23N3O. The molecule has 0 amide bonds. The highest BCUT2D eigenvalue weighted by Gasteiger charge is 2.07. The van der Waals surface area contributed by atoms with Crippen molar-refractivity contribution in [2.24, 2.45) is 5.10 Å². The van der Waals surface area contributed by atoms with E-state index in [0.717, 1.165) is 37.3 Å². The van der Waals surface area contributed by atoms with Crippen LogP contribution in [0.4, 0.5) is 0 Å². The molecule has 1 heterocycles. The Morgan fingerprint density at radius 2 is 2.05 bits per heavy atom. The SMILES string of the molecule is CCc1cc(CCC2=NNC(NC)=CC2)cc(OC)c1. The lowest BCUT2D eigenvalue weighted by Crippen LogP contribution is -2.24. The van der Waals surface area contributed by atoms with Crippen molar-refractivity contribution in [3.8, 4) is 5.75 Å². The summed E-state index contributed by atoms with van der Waals surface area (Å²) < 4.78 is 5.36. The third-order valence-electron chi connectivity index (χ3n) is 3.52. The van der Waals surface area contributed by atoms with Crippen molar-refractivity contribution in [2.75, 3.05) is 14.2 Å². The predicted molar refractivity (Wildman–Crippen MR) is 83.0 cm³/mol. The van der Waals surface area contributed by atoms with E-state index in [1.165, 1.54) is 16.8 Å². The molecular weight excluding hydrogens is 250 g/mol. The van der Waals surface area contributed by atoms with Crippen molar-refractivity contribution in [1.29, 1.82) is 0 Å². The quantitative estimate of drug-likeness (QED) is 0.837. The molecule has 0 aliphatic carbocycles. The Morgan fingerprint density at radius 3 is 2.65 bits per heavy atom. The maximum Gasteiger partial charge on any atom is 0.119 e. The van der Waals surface area contributed by atoms with Gasteiger partial charge in [-0.25, -0.2) is 0 Å². The molecule has 0 bridgehead atoms. The molecule has 0 radical (unpaired) electrons. The van der Waals surface area contributed by atoms with Gasteiger partial charge in [-0.2, -0.15) is 5.10 Å². The van der Waals surface area contributed by atoms with Crippen molar-refractivity contribution >= 4 is 5.71 Å². The average Bonchev–Trinajstić information content (AvgIpc) is 2.53. The second kappa shape index (κ2) is 6.98. The number of ether oxygens (including phenoxy) is 1. The molecule has 1 aliphatic heterocycles. The average molecular weight is 273 g/mol. The fourth-order valence-electron chi connectivity index (χ4n) is 2.25. The van der Waals surface area contributed by atoms with Gasteiger partial charge in [0.15, 0.2) is 0 Å². The number of nitrogens with one attached hydrogen (secondary N) is 2. The number of hydrogen-bond donors (Lipinski definition) is 2. The first-order chi connectivity index (χ1) is 9.75. The van der Waals surface area contributed by atoms with Crippen LogP contribution in [0.2, 0.25) is 0 Å². The maximum atomic E-state index is 5.36. The van der Waals surface area contributed by atoms with E-state index in [4.69, 9.17) is 4.74 Å². The van der Waals surface area contributed by atoms with Crippen LogP contribution < -0.4 is 15.5 Å². The largest absolute Gasteiger partial charge is 0.497 e. The molecule has 2 rings (SSSR count). The summed E-state index contributed by atoms with van der Waals surface area (Å²) in [6.07, 6.45) is 6.03. The first-order valence-electron chi connectivity index (χ1n) is 7.11. The van der Waals surface area contributed by atoms with Crippen molar-refractivity contribution in [1.82, 2.24) is 10.7 Å². The summed E-state index contributed by atoms with van der Waals surface area (Å²) in [7, 11) is 3.61. The van der Waals surface area contributed by atoms with Crippen LogP contribution in [0.15, 0.2) is 35.2 Å². The van der Waals surface area contributed by atoms with Crippen LogP contribution in [-0.2, 0) is 12.8 Å². The highest BCUT2D eigenvalue weighted by Crippen LogP contribution is 2.19. The van der Waals surface area contributed by atoms with E-state index in [1.807, 2.05) is 7.05 Å². The zero-order valence-corrected chi connectivity index (χ0v) is 12.5. The summed E-state index contributed by atoms with van der Waals surface area (Å²) in [5.41, 5.74) is 6.83. The van der Waals surface area contributed by atoms with Gasteiger partial charge >= 0.3 is 0 Å². The van der Waals surface area contributed by atoms with Crippen LogP contribution >= 0.6 is 0 Å². The molecule has 0 unspecified atom stereocenters. The number of benzene rings is 1. The number of aryl methyl sites for hydroxylation is 2. The lowest BCUT2D eigenvalue weighted by atomic mass is 10.0. The third-order valence-corrected chi connectivity index (χ3v) is 3.52. The number of methoxy groups -OCH3 is 1. The second-order valence-electron chi connectivity index (χ2n) is 4.90. The zero-order valence-electron chi connectivity index (χ0n) is 12.5. The van der Waals surface area contributed by atoms with Gasteiger partial charge in [0.25, 0.3) is 0 Å². The number of rotatable bonds is 6. The lowest BCUT2D eigenvalue weighted by molar-refractivity contribution is 0.413. The number of nitrogens with zero attached hydrogens (tertiary/aromatic N) is 1. The molecule has 0 fully saturated rings. The second-order valence-corrected chi connectivity index (χ2v) is 4.90. The molecule has 0 saturated heterocycles. The highest BCUT2D eigenvalue weighted by molar-refractivity contribution is 5.86. The van der Waals surface area contributed by atoms with Crippen LogP contribution in [0, 0.1) is 0 Å². The van der Waals surface area contributed by atoms with Gasteiger partial charge in [-0.3, -0.25) is 5.43 Å². The Bertz CT molecular complexity index is 498. The van der Waals surface area contributed by atoms with Gasteiger partial charge in [0, 0.05) is 19.2 Å². The molecule has 4 heteroatoms. The first kappa shape index (κ1) is 14.4. The fourth-order valence-corrected chi connectivity index (χ4v) is 2.25. The molecule has 0 saturated carbocycles. The normalized spacial score (nSPS) is 14.2. The van der Waals surface area contributed by atoms with E-state index in [1.54, 1.807) is 7.11 Å². The van der Waals surface area contributed by atoms with Crippen molar-refractivity contribution in [3.05, 3.63) is 41.2 Å². The van der Waals surface area contributed by atoms with Crippen LogP contribution in [-0.4, -0.2) is 19.9 Å². The van der Waals surface area contributed by atoms with E-state index in [9.17, 15) is 0 Å².